The normalized spacial score (nSPS) is 11.1. The van der Waals surface area contributed by atoms with Crippen LogP contribution in [-0.4, -0.2) is 12.4 Å². The van der Waals surface area contributed by atoms with E-state index in [4.69, 9.17) is 4.74 Å². The lowest BCUT2D eigenvalue weighted by Gasteiger charge is -2.10. The molecule has 3 nitrogen and oxygen atoms in total. The van der Waals surface area contributed by atoms with Crippen LogP contribution < -0.4 is 4.74 Å². The highest BCUT2D eigenvalue weighted by molar-refractivity contribution is 6.14. The maximum Gasteiger partial charge on any atom is 0.203 e. The molecule has 0 saturated carbocycles. The number of fused-ring (bicyclic) bond motifs is 1. The van der Waals surface area contributed by atoms with Crippen molar-refractivity contribution in [1.82, 2.24) is 0 Å². The summed E-state index contributed by atoms with van der Waals surface area (Å²) in [6.45, 7) is 2.52. The van der Waals surface area contributed by atoms with Crippen molar-refractivity contribution in [1.29, 1.82) is 5.26 Å². The summed E-state index contributed by atoms with van der Waals surface area (Å²) < 4.78 is 5.67. The zero-order chi connectivity index (χ0) is 17.6. The number of allylic oxidation sites excluding steroid dienone is 1. The van der Waals surface area contributed by atoms with Crippen LogP contribution in [0.25, 0.3) is 16.8 Å². The molecule has 0 aliphatic carbocycles. The minimum atomic E-state index is -0.277. The predicted molar refractivity (Wildman–Crippen MR) is 99.5 cm³/mol. The van der Waals surface area contributed by atoms with Gasteiger partial charge in [-0.25, -0.2) is 0 Å². The number of nitriles is 1. The molecule has 0 aliphatic heterocycles. The molecular formula is C22H17NO2. The SMILES string of the molecule is CCOc1ccc(/C=C(\C#N)C(=O)c2ccccc2)c2ccccc12. The summed E-state index contributed by atoms with van der Waals surface area (Å²) in [6.07, 6.45) is 1.65. The maximum absolute atomic E-state index is 12.6. The number of hydrogen-bond donors (Lipinski definition) is 0. The quantitative estimate of drug-likeness (QED) is 0.375. The molecule has 0 heterocycles. The van der Waals surface area contributed by atoms with Crippen LogP contribution >= 0.6 is 0 Å². The first-order valence-electron chi connectivity index (χ1n) is 8.10. The zero-order valence-corrected chi connectivity index (χ0v) is 13.9. The summed E-state index contributed by atoms with van der Waals surface area (Å²) in [7, 11) is 0. The minimum Gasteiger partial charge on any atom is -0.493 e. The van der Waals surface area contributed by atoms with Crippen molar-refractivity contribution in [2.24, 2.45) is 0 Å². The third kappa shape index (κ3) is 3.44. The van der Waals surface area contributed by atoms with Gasteiger partial charge >= 0.3 is 0 Å². The molecule has 3 aromatic carbocycles. The Hall–Kier alpha value is -3.38. The molecule has 0 aromatic heterocycles. The Morgan fingerprint density at radius 2 is 1.68 bits per heavy atom. The maximum atomic E-state index is 12.6. The molecule has 25 heavy (non-hydrogen) atoms. The van der Waals surface area contributed by atoms with E-state index in [2.05, 4.69) is 0 Å². The molecule has 0 atom stereocenters. The van der Waals surface area contributed by atoms with Gasteiger partial charge in [-0.2, -0.15) is 5.26 Å². The van der Waals surface area contributed by atoms with Gasteiger partial charge in [0.1, 0.15) is 17.4 Å². The van der Waals surface area contributed by atoms with Gasteiger partial charge in [-0.05, 0) is 30.0 Å². The third-order valence-electron chi connectivity index (χ3n) is 3.92. The van der Waals surface area contributed by atoms with Gasteiger partial charge in [0.15, 0.2) is 0 Å². The van der Waals surface area contributed by atoms with Gasteiger partial charge in [0.05, 0.1) is 6.61 Å². The van der Waals surface area contributed by atoms with Crippen LogP contribution in [0.4, 0.5) is 0 Å². The molecule has 0 saturated heterocycles. The monoisotopic (exact) mass is 327 g/mol. The van der Waals surface area contributed by atoms with Crippen molar-refractivity contribution in [3.8, 4) is 11.8 Å². The Balaban J connectivity index is 2.10. The number of nitrogens with zero attached hydrogens (tertiary/aromatic N) is 1. The van der Waals surface area contributed by atoms with Gasteiger partial charge < -0.3 is 4.74 Å². The number of carbonyl (C=O) groups excluding carboxylic acids is 1. The molecule has 0 fully saturated rings. The largest absolute Gasteiger partial charge is 0.493 e. The molecule has 122 valence electrons. The van der Waals surface area contributed by atoms with E-state index in [0.29, 0.717) is 12.2 Å². The fourth-order valence-corrected chi connectivity index (χ4v) is 2.75. The predicted octanol–water partition coefficient (Wildman–Crippen LogP) is 5.03. The van der Waals surface area contributed by atoms with Crippen molar-refractivity contribution in [3.63, 3.8) is 0 Å². The highest BCUT2D eigenvalue weighted by Crippen LogP contribution is 2.30. The number of hydrogen-bond acceptors (Lipinski definition) is 3. The second-order valence-corrected chi connectivity index (χ2v) is 5.50. The van der Waals surface area contributed by atoms with Crippen molar-refractivity contribution in [2.75, 3.05) is 6.61 Å². The second kappa shape index (κ2) is 7.46. The van der Waals surface area contributed by atoms with E-state index in [0.717, 1.165) is 22.1 Å². The molecule has 3 heteroatoms. The van der Waals surface area contributed by atoms with Crippen LogP contribution in [0.3, 0.4) is 0 Å². The van der Waals surface area contributed by atoms with Crippen LogP contribution in [0.5, 0.6) is 5.75 Å². The first-order valence-corrected chi connectivity index (χ1v) is 8.10. The molecule has 0 radical (unpaired) electrons. The fourth-order valence-electron chi connectivity index (χ4n) is 2.75. The van der Waals surface area contributed by atoms with Crippen molar-refractivity contribution in [2.45, 2.75) is 6.92 Å². The lowest BCUT2D eigenvalue weighted by Crippen LogP contribution is -2.01. The summed E-state index contributed by atoms with van der Waals surface area (Å²) in [5.74, 6) is 0.518. The van der Waals surface area contributed by atoms with E-state index in [1.54, 1.807) is 30.3 Å². The average molecular weight is 327 g/mol. The Kier molecular flexibility index (Phi) is 4.92. The summed E-state index contributed by atoms with van der Waals surface area (Å²) in [4.78, 5) is 12.6. The Morgan fingerprint density at radius 3 is 2.36 bits per heavy atom. The Morgan fingerprint density at radius 1 is 1.00 bits per heavy atom. The topological polar surface area (TPSA) is 50.1 Å². The van der Waals surface area contributed by atoms with Gasteiger partial charge in [0.25, 0.3) is 0 Å². The molecule has 0 unspecified atom stereocenters. The van der Waals surface area contributed by atoms with Crippen LogP contribution in [0.2, 0.25) is 0 Å². The van der Waals surface area contributed by atoms with E-state index in [1.165, 1.54) is 0 Å². The number of Topliss-reactive ketones (excluding diaryl/α,β-unsaturated/α-hetero) is 1. The van der Waals surface area contributed by atoms with E-state index in [-0.39, 0.29) is 11.4 Å². The lowest BCUT2D eigenvalue weighted by molar-refractivity contribution is 0.104. The Bertz CT molecular complexity index is 982. The highest BCUT2D eigenvalue weighted by Gasteiger charge is 2.13. The number of ether oxygens (including phenoxy) is 1. The van der Waals surface area contributed by atoms with Gasteiger partial charge in [0.2, 0.25) is 5.78 Å². The van der Waals surface area contributed by atoms with Crippen molar-refractivity contribution >= 4 is 22.6 Å². The molecule has 0 spiro atoms. The van der Waals surface area contributed by atoms with E-state index in [9.17, 15) is 10.1 Å². The number of ketones is 1. The molecule has 3 rings (SSSR count). The fraction of sp³-hybridized carbons (Fsp3) is 0.0909. The smallest absolute Gasteiger partial charge is 0.203 e. The van der Waals surface area contributed by atoms with Crippen molar-refractivity contribution < 1.29 is 9.53 Å². The first-order chi connectivity index (χ1) is 12.2. The molecule has 3 aromatic rings. The Labute approximate surface area is 146 Å². The van der Waals surface area contributed by atoms with Gasteiger partial charge in [-0.15, -0.1) is 0 Å². The highest BCUT2D eigenvalue weighted by atomic mass is 16.5. The average Bonchev–Trinajstić information content (AvgIpc) is 2.68. The molecule has 0 amide bonds. The standard InChI is InChI=1S/C22H17NO2/c1-2-25-21-13-12-17(19-10-6-7-11-20(19)21)14-18(15-23)22(24)16-8-4-3-5-9-16/h3-14H,2H2,1H3/b18-14+. The summed E-state index contributed by atoms with van der Waals surface area (Å²) in [5.41, 5.74) is 1.44. The first kappa shape index (κ1) is 16.5. The molecular weight excluding hydrogens is 310 g/mol. The molecule has 0 N–H and O–H groups in total. The third-order valence-corrected chi connectivity index (χ3v) is 3.92. The summed E-state index contributed by atoms with van der Waals surface area (Å²) in [6, 6.07) is 22.4. The lowest BCUT2D eigenvalue weighted by atomic mass is 9.98. The number of rotatable bonds is 5. The van der Waals surface area contributed by atoms with Crippen LogP contribution in [0.15, 0.2) is 72.3 Å². The minimum absolute atomic E-state index is 0.112. The second-order valence-electron chi connectivity index (χ2n) is 5.50. The molecule has 0 aliphatic rings. The van der Waals surface area contributed by atoms with E-state index >= 15 is 0 Å². The molecule has 0 bridgehead atoms. The van der Waals surface area contributed by atoms with Crippen LogP contribution in [-0.2, 0) is 0 Å². The van der Waals surface area contributed by atoms with Gasteiger partial charge in [-0.3, -0.25) is 4.79 Å². The number of benzene rings is 3. The van der Waals surface area contributed by atoms with E-state index < -0.39 is 0 Å². The van der Waals surface area contributed by atoms with Gasteiger partial charge in [-0.1, -0.05) is 60.7 Å². The van der Waals surface area contributed by atoms with Gasteiger partial charge in [0, 0.05) is 10.9 Å². The number of carbonyl (C=O) groups is 1. The zero-order valence-electron chi connectivity index (χ0n) is 13.9. The summed E-state index contributed by atoms with van der Waals surface area (Å²) >= 11 is 0. The van der Waals surface area contributed by atoms with E-state index in [1.807, 2.05) is 55.5 Å². The summed E-state index contributed by atoms with van der Waals surface area (Å²) in [5, 5.41) is 11.4. The van der Waals surface area contributed by atoms with Crippen LogP contribution in [0.1, 0.15) is 22.8 Å². The van der Waals surface area contributed by atoms with Crippen molar-refractivity contribution in [3.05, 3.63) is 83.4 Å². The van der Waals surface area contributed by atoms with Crippen LogP contribution in [0, 0.1) is 11.3 Å².